The lowest BCUT2D eigenvalue weighted by Crippen LogP contribution is -2.45. The van der Waals surface area contributed by atoms with Crippen molar-refractivity contribution in [2.24, 2.45) is 0 Å². The van der Waals surface area contributed by atoms with E-state index in [1.807, 2.05) is 0 Å². The monoisotopic (exact) mass is 306 g/mol. The van der Waals surface area contributed by atoms with Gasteiger partial charge in [0.15, 0.2) is 0 Å². The van der Waals surface area contributed by atoms with E-state index in [2.05, 4.69) is 5.32 Å². The minimum absolute atomic E-state index is 0.0980. The number of rotatable bonds is 7. The molecule has 0 spiro atoms. The Morgan fingerprint density at radius 1 is 1.23 bits per heavy atom. The number of amides is 1. The van der Waals surface area contributed by atoms with Gasteiger partial charge in [-0.25, -0.2) is 0 Å². The molecule has 1 fully saturated rings. The van der Waals surface area contributed by atoms with Crippen LogP contribution in [0.1, 0.15) is 44.1 Å². The van der Waals surface area contributed by atoms with Gasteiger partial charge in [0.05, 0.1) is 4.92 Å². The second-order valence-electron chi connectivity index (χ2n) is 5.88. The van der Waals surface area contributed by atoms with Crippen LogP contribution < -0.4 is 5.32 Å². The fourth-order valence-electron chi connectivity index (χ4n) is 2.79. The summed E-state index contributed by atoms with van der Waals surface area (Å²) in [5.74, 6) is -0.250. The predicted molar refractivity (Wildman–Crippen MR) is 82.5 cm³/mol. The predicted octanol–water partition coefficient (Wildman–Crippen LogP) is 2.34. The lowest BCUT2D eigenvalue weighted by atomic mass is 10.0. The maximum Gasteiger partial charge on any atom is 0.269 e. The largest absolute Gasteiger partial charge is 0.380 e. The lowest BCUT2D eigenvalue weighted by molar-refractivity contribution is -0.384. The number of hydrogen-bond donors (Lipinski definition) is 2. The van der Waals surface area contributed by atoms with Crippen LogP contribution >= 0.6 is 0 Å². The van der Waals surface area contributed by atoms with Gasteiger partial charge in [0.1, 0.15) is 5.60 Å². The minimum atomic E-state index is -1.15. The van der Waals surface area contributed by atoms with Crippen LogP contribution in [0.15, 0.2) is 24.3 Å². The van der Waals surface area contributed by atoms with Crippen LogP contribution in [0.3, 0.4) is 0 Å². The highest BCUT2D eigenvalue weighted by atomic mass is 16.6. The third-order valence-corrected chi connectivity index (χ3v) is 4.18. The number of non-ortho nitro benzene ring substituents is 1. The van der Waals surface area contributed by atoms with Gasteiger partial charge in [0.25, 0.3) is 11.6 Å². The number of unbranched alkanes of at least 4 members (excludes halogenated alkanes) is 1. The van der Waals surface area contributed by atoms with Crippen molar-refractivity contribution in [3.63, 3.8) is 0 Å². The first-order valence-electron chi connectivity index (χ1n) is 7.75. The molecule has 0 radical (unpaired) electrons. The number of aryl methyl sites for hydroxylation is 1. The smallest absolute Gasteiger partial charge is 0.269 e. The second-order valence-corrected chi connectivity index (χ2v) is 5.88. The number of nitro groups is 1. The van der Waals surface area contributed by atoms with E-state index in [1.54, 1.807) is 12.1 Å². The third kappa shape index (κ3) is 4.27. The van der Waals surface area contributed by atoms with Crippen LogP contribution in [-0.2, 0) is 11.2 Å². The average Bonchev–Trinajstić information content (AvgIpc) is 2.95. The Labute approximate surface area is 129 Å². The molecule has 1 amide bonds. The second kappa shape index (κ2) is 7.35. The average molecular weight is 306 g/mol. The zero-order valence-corrected chi connectivity index (χ0v) is 12.6. The van der Waals surface area contributed by atoms with E-state index in [-0.39, 0.29) is 11.6 Å². The summed E-state index contributed by atoms with van der Waals surface area (Å²) in [6.07, 6.45) is 5.45. The Morgan fingerprint density at radius 3 is 2.45 bits per heavy atom. The summed E-state index contributed by atoms with van der Waals surface area (Å²) < 4.78 is 0. The molecule has 2 rings (SSSR count). The maximum atomic E-state index is 11.9. The molecule has 6 heteroatoms. The lowest BCUT2D eigenvalue weighted by Gasteiger charge is -2.20. The van der Waals surface area contributed by atoms with Crippen molar-refractivity contribution in [1.82, 2.24) is 5.32 Å². The highest BCUT2D eigenvalue weighted by molar-refractivity contribution is 5.85. The molecule has 1 aromatic rings. The Morgan fingerprint density at radius 2 is 1.86 bits per heavy atom. The molecule has 0 bridgehead atoms. The molecule has 0 aromatic heterocycles. The first-order valence-corrected chi connectivity index (χ1v) is 7.75. The van der Waals surface area contributed by atoms with Crippen LogP contribution in [0.5, 0.6) is 0 Å². The summed E-state index contributed by atoms with van der Waals surface area (Å²) in [6.45, 7) is 0.550. The van der Waals surface area contributed by atoms with Crippen molar-refractivity contribution in [2.45, 2.75) is 50.5 Å². The minimum Gasteiger partial charge on any atom is -0.380 e. The van der Waals surface area contributed by atoms with Crippen molar-refractivity contribution < 1.29 is 14.8 Å². The third-order valence-electron chi connectivity index (χ3n) is 4.18. The van der Waals surface area contributed by atoms with Crippen molar-refractivity contribution >= 4 is 11.6 Å². The summed E-state index contributed by atoms with van der Waals surface area (Å²) >= 11 is 0. The normalized spacial score (nSPS) is 16.4. The molecule has 0 unspecified atom stereocenters. The van der Waals surface area contributed by atoms with Gasteiger partial charge in [0.2, 0.25) is 0 Å². The van der Waals surface area contributed by atoms with Gasteiger partial charge in [-0.05, 0) is 50.5 Å². The van der Waals surface area contributed by atoms with E-state index in [0.717, 1.165) is 37.7 Å². The molecular weight excluding hydrogens is 284 g/mol. The number of nitrogens with one attached hydrogen (secondary N) is 1. The standard InChI is InChI=1S/C16H22N2O4/c19-15(16(20)10-2-3-11-16)17-12-4-1-5-13-6-8-14(9-7-13)18(21)22/h6-9,20H,1-5,10-12H2,(H,17,19). The Kier molecular flexibility index (Phi) is 5.49. The molecule has 0 heterocycles. The van der Waals surface area contributed by atoms with Crippen LogP contribution in [0.2, 0.25) is 0 Å². The van der Waals surface area contributed by atoms with Gasteiger partial charge in [-0.1, -0.05) is 12.1 Å². The summed E-state index contributed by atoms with van der Waals surface area (Å²) in [5, 5.41) is 23.5. The molecule has 0 aliphatic heterocycles. The van der Waals surface area contributed by atoms with Gasteiger partial charge in [-0.2, -0.15) is 0 Å². The first-order chi connectivity index (χ1) is 10.5. The van der Waals surface area contributed by atoms with Crippen LogP contribution in [0.25, 0.3) is 0 Å². The molecule has 2 N–H and O–H groups in total. The molecule has 22 heavy (non-hydrogen) atoms. The molecule has 1 aliphatic rings. The van der Waals surface area contributed by atoms with Crippen molar-refractivity contribution in [3.8, 4) is 0 Å². The quantitative estimate of drug-likeness (QED) is 0.459. The van der Waals surface area contributed by atoms with Crippen LogP contribution in [-0.4, -0.2) is 28.1 Å². The number of benzene rings is 1. The highest BCUT2D eigenvalue weighted by Crippen LogP contribution is 2.29. The topological polar surface area (TPSA) is 92.5 Å². The molecule has 1 saturated carbocycles. The fraction of sp³-hybridized carbons (Fsp3) is 0.562. The van der Waals surface area contributed by atoms with Gasteiger partial charge >= 0.3 is 0 Å². The number of aliphatic hydroxyl groups is 1. The zero-order valence-electron chi connectivity index (χ0n) is 12.6. The SMILES string of the molecule is O=C(NCCCCc1ccc([N+](=O)[O-])cc1)C1(O)CCCC1. The summed E-state index contributed by atoms with van der Waals surface area (Å²) in [7, 11) is 0. The molecule has 120 valence electrons. The number of nitro benzene ring substituents is 1. The first kappa shape index (κ1) is 16.4. The van der Waals surface area contributed by atoms with E-state index in [1.165, 1.54) is 12.1 Å². The van der Waals surface area contributed by atoms with Gasteiger partial charge in [-0.3, -0.25) is 14.9 Å². The number of carbonyl (C=O) groups excluding carboxylic acids is 1. The zero-order chi connectivity index (χ0) is 16.0. The van der Waals surface area contributed by atoms with Crippen LogP contribution in [0.4, 0.5) is 5.69 Å². The molecule has 1 aromatic carbocycles. The van der Waals surface area contributed by atoms with E-state index in [0.29, 0.717) is 19.4 Å². The summed E-state index contributed by atoms with van der Waals surface area (Å²) in [5.41, 5.74) is -0.00887. The molecule has 0 atom stereocenters. The Balaban J connectivity index is 1.65. The Bertz CT molecular complexity index is 521. The number of carbonyl (C=O) groups is 1. The summed E-state index contributed by atoms with van der Waals surface area (Å²) in [6, 6.07) is 6.54. The van der Waals surface area contributed by atoms with Gasteiger partial charge in [-0.15, -0.1) is 0 Å². The van der Waals surface area contributed by atoms with Gasteiger partial charge < -0.3 is 10.4 Å². The van der Waals surface area contributed by atoms with E-state index >= 15 is 0 Å². The van der Waals surface area contributed by atoms with Crippen molar-refractivity contribution in [3.05, 3.63) is 39.9 Å². The fourth-order valence-corrected chi connectivity index (χ4v) is 2.79. The molecular formula is C16H22N2O4. The highest BCUT2D eigenvalue weighted by Gasteiger charge is 2.38. The van der Waals surface area contributed by atoms with Crippen molar-refractivity contribution in [1.29, 1.82) is 0 Å². The van der Waals surface area contributed by atoms with E-state index in [9.17, 15) is 20.0 Å². The molecule has 1 aliphatic carbocycles. The Hall–Kier alpha value is -1.95. The molecule has 6 nitrogen and oxygen atoms in total. The number of nitrogens with zero attached hydrogens (tertiary/aromatic N) is 1. The van der Waals surface area contributed by atoms with E-state index in [4.69, 9.17) is 0 Å². The van der Waals surface area contributed by atoms with Crippen molar-refractivity contribution in [2.75, 3.05) is 6.54 Å². The summed E-state index contributed by atoms with van der Waals surface area (Å²) in [4.78, 5) is 22.0. The van der Waals surface area contributed by atoms with E-state index < -0.39 is 10.5 Å². The van der Waals surface area contributed by atoms with Crippen LogP contribution in [0, 0.1) is 10.1 Å². The van der Waals surface area contributed by atoms with Gasteiger partial charge in [0, 0.05) is 18.7 Å². The maximum absolute atomic E-state index is 11.9. The molecule has 0 saturated heterocycles. The number of hydrogen-bond acceptors (Lipinski definition) is 4.